The molecule has 2 N–H and O–H groups in total. The summed E-state index contributed by atoms with van der Waals surface area (Å²) in [4.78, 5) is 23.9. The highest BCUT2D eigenvalue weighted by atomic mass is 16.5. The molecule has 0 fully saturated rings. The lowest BCUT2D eigenvalue weighted by atomic mass is 10.1. The molecule has 0 heterocycles. The lowest BCUT2D eigenvalue weighted by molar-refractivity contribution is -0.115. The van der Waals surface area contributed by atoms with E-state index in [0.29, 0.717) is 35.7 Å². The van der Waals surface area contributed by atoms with Crippen molar-refractivity contribution in [2.24, 2.45) is 0 Å². The average molecular weight is 340 g/mol. The third-order valence-electron chi connectivity index (χ3n) is 3.63. The Hall–Kier alpha value is -2.82. The first-order valence-electron chi connectivity index (χ1n) is 8.57. The molecule has 0 saturated carbocycles. The molecule has 0 aromatic heterocycles. The van der Waals surface area contributed by atoms with Gasteiger partial charge in [-0.15, -0.1) is 0 Å². The molecule has 132 valence electrons. The van der Waals surface area contributed by atoms with Gasteiger partial charge in [-0.1, -0.05) is 32.4 Å². The van der Waals surface area contributed by atoms with Gasteiger partial charge in [-0.25, -0.2) is 0 Å². The minimum Gasteiger partial charge on any atom is -0.493 e. The van der Waals surface area contributed by atoms with Gasteiger partial charge in [0.1, 0.15) is 5.75 Å². The van der Waals surface area contributed by atoms with Crippen LogP contribution in [-0.4, -0.2) is 18.4 Å². The minimum atomic E-state index is -0.225. The standard InChI is InChI=1S/C20H24N2O3/c1-3-5-14-25-18-9-7-6-8-17(18)20(24)22-16-12-10-15(11-13-16)21-19(23)4-2/h6-13H,3-5,14H2,1-2H3,(H,21,23)(H,22,24). The Morgan fingerprint density at radius 3 is 2.20 bits per heavy atom. The van der Waals surface area contributed by atoms with Crippen LogP contribution in [0.25, 0.3) is 0 Å². The second kappa shape index (κ2) is 9.47. The van der Waals surface area contributed by atoms with Crippen LogP contribution >= 0.6 is 0 Å². The van der Waals surface area contributed by atoms with E-state index in [2.05, 4.69) is 17.6 Å². The molecule has 0 radical (unpaired) electrons. The molecule has 2 amide bonds. The molecule has 25 heavy (non-hydrogen) atoms. The number of para-hydroxylation sites is 1. The number of ether oxygens (including phenoxy) is 1. The zero-order valence-corrected chi connectivity index (χ0v) is 14.7. The van der Waals surface area contributed by atoms with Gasteiger partial charge >= 0.3 is 0 Å². The minimum absolute atomic E-state index is 0.0464. The molecule has 0 aliphatic rings. The van der Waals surface area contributed by atoms with E-state index in [0.717, 1.165) is 12.8 Å². The SMILES string of the molecule is CCCCOc1ccccc1C(=O)Nc1ccc(NC(=O)CC)cc1. The predicted molar refractivity (Wildman–Crippen MR) is 100 cm³/mol. The maximum absolute atomic E-state index is 12.5. The summed E-state index contributed by atoms with van der Waals surface area (Å²) in [5, 5.41) is 5.62. The highest BCUT2D eigenvalue weighted by molar-refractivity contribution is 6.06. The lowest BCUT2D eigenvalue weighted by Gasteiger charge is -2.12. The van der Waals surface area contributed by atoms with Crippen molar-refractivity contribution < 1.29 is 14.3 Å². The highest BCUT2D eigenvalue weighted by Crippen LogP contribution is 2.21. The molecule has 0 atom stereocenters. The van der Waals surface area contributed by atoms with Crippen LogP contribution in [0, 0.1) is 0 Å². The van der Waals surface area contributed by atoms with E-state index in [1.807, 2.05) is 12.1 Å². The van der Waals surface area contributed by atoms with Gasteiger partial charge < -0.3 is 15.4 Å². The van der Waals surface area contributed by atoms with E-state index in [4.69, 9.17) is 4.74 Å². The Bertz CT molecular complexity index is 711. The van der Waals surface area contributed by atoms with Crippen molar-refractivity contribution in [2.45, 2.75) is 33.1 Å². The second-order valence-corrected chi connectivity index (χ2v) is 5.63. The summed E-state index contributed by atoms with van der Waals surface area (Å²) in [7, 11) is 0. The number of amides is 2. The summed E-state index contributed by atoms with van der Waals surface area (Å²) in [6.07, 6.45) is 2.41. The second-order valence-electron chi connectivity index (χ2n) is 5.63. The zero-order chi connectivity index (χ0) is 18.1. The summed E-state index contributed by atoms with van der Waals surface area (Å²) < 4.78 is 5.70. The fourth-order valence-corrected chi connectivity index (χ4v) is 2.19. The number of benzene rings is 2. The normalized spacial score (nSPS) is 10.2. The summed E-state index contributed by atoms with van der Waals surface area (Å²) in [5.74, 6) is 0.313. The van der Waals surface area contributed by atoms with Crippen molar-refractivity contribution in [3.05, 3.63) is 54.1 Å². The first-order chi connectivity index (χ1) is 12.1. The Kier molecular flexibility index (Phi) is 7.01. The monoisotopic (exact) mass is 340 g/mol. The molecule has 0 saturated heterocycles. The van der Waals surface area contributed by atoms with Crippen molar-refractivity contribution in [3.8, 4) is 5.75 Å². The van der Waals surface area contributed by atoms with Crippen molar-refractivity contribution >= 4 is 23.2 Å². The Morgan fingerprint density at radius 1 is 0.920 bits per heavy atom. The summed E-state index contributed by atoms with van der Waals surface area (Å²) in [6.45, 7) is 4.48. The number of unbranched alkanes of at least 4 members (excludes halogenated alkanes) is 1. The fourth-order valence-electron chi connectivity index (χ4n) is 2.19. The Morgan fingerprint density at radius 2 is 1.56 bits per heavy atom. The average Bonchev–Trinajstić information content (AvgIpc) is 2.64. The van der Waals surface area contributed by atoms with E-state index in [-0.39, 0.29) is 11.8 Å². The first-order valence-corrected chi connectivity index (χ1v) is 8.57. The topological polar surface area (TPSA) is 67.4 Å². The van der Waals surface area contributed by atoms with E-state index in [1.165, 1.54) is 0 Å². The number of hydrogen-bond acceptors (Lipinski definition) is 3. The van der Waals surface area contributed by atoms with Gasteiger partial charge in [0.25, 0.3) is 5.91 Å². The number of nitrogens with one attached hydrogen (secondary N) is 2. The molecule has 0 aliphatic carbocycles. The van der Waals surface area contributed by atoms with Crippen LogP contribution in [0.1, 0.15) is 43.5 Å². The number of carbonyl (C=O) groups is 2. The van der Waals surface area contributed by atoms with Crippen molar-refractivity contribution in [1.82, 2.24) is 0 Å². The first kappa shape index (κ1) is 18.5. The van der Waals surface area contributed by atoms with Crippen LogP contribution in [0.4, 0.5) is 11.4 Å². The van der Waals surface area contributed by atoms with Gasteiger partial charge in [0.05, 0.1) is 12.2 Å². The maximum Gasteiger partial charge on any atom is 0.259 e. The molecule has 2 aromatic rings. The summed E-state index contributed by atoms with van der Waals surface area (Å²) in [5.41, 5.74) is 1.86. The predicted octanol–water partition coefficient (Wildman–Crippen LogP) is 4.47. The lowest BCUT2D eigenvalue weighted by Crippen LogP contribution is -2.14. The van der Waals surface area contributed by atoms with E-state index < -0.39 is 0 Å². The molecule has 5 heteroatoms. The Balaban J connectivity index is 2.03. The third-order valence-corrected chi connectivity index (χ3v) is 3.63. The van der Waals surface area contributed by atoms with Crippen LogP contribution in [0.3, 0.4) is 0 Å². The van der Waals surface area contributed by atoms with Gasteiger partial charge in [-0.2, -0.15) is 0 Å². The van der Waals surface area contributed by atoms with Gasteiger partial charge in [-0.3, -0.25) is 9.59 Å². The van der Waals surface area contributed by atoms with Gasteiger partial charge in [0.2, 0.25) is 5.91 Å². The quantitative estimate of drug-likeness (QED) is 0.697. The molecular formula is C20H24N2O3. The van der Waals surface area contributed by atoms with Crippen LogP contribution in [-0.2, 0) is 4.79 Å². The van der Waals surface area contributed by atoms with E-state index in [9.17, 15) is 9.59 Å². The largest absolute Gasteiger partial charge is 0.493 e. The summed E-state index contributed by atoms with van der Waals surface area (Å²) >= 11 is 0. The van der Waals surface area contributed by atoms with Crippen molar-refractivity contribution in [2.75, 3.05) is 17.2 Å². The number of rotatable bonds is 8. The molecule has 0 aliphatic heterocycles. The van der Waals surface area contributed by atoms with Crippen LogP contribution in [0.2, 0.25) is 0 Å². The molecule has 0 spiro atoms. The van der Waals surface area contributed by atoms with Gasteiger partial charge in [0.15, 0.2) is 0 Å². The number of carbonyl (C=O) groups excluding carboxylic acids is 2. The van der Waals surface area contributed by atoms with Gasteiger partial charge in [0, 0.05) is 17.8 Å². The van der Waals surface area contributed by atoms with Crippen LogP contribution < -0.4 is 15.4 Å². The van der Waals surface area contributed by atoms with Crippen molar-refractivity contribution in [3.63, 3.8) is 0 Å². The summed E-state index contributed by atoms with van der Waals surface area (Å²) in [6, 6.07) is 14.2. The maximum atomic E-state index is 12.5. The number of hydrogen-bond donors (Lipinski definition) is 2. The third kappa shape index (κ3) is 5.64. The van der Waals surface area contributed by atoms with Crippen molar-refractivity contribution in [1.29, 1.82) is 0 Å². The molecule has 5 nitrogen and oxygen atoms in total. The van der Waals surface area contributed by atoms with Crippen LogP contribution in [0.5, 0.6) is 5.75 Å². The molecule has 2 aromatic carbocycles. The fraction of sp³-hybridized carbons (Fsp3) is 0.300. The Labute approximate surface area is 148 Å². The zero-order valence-electron chi connectivity index (χ0n) is 14.7. The highest BCUT2D eigenvalue weighted by Gasteiger charge is 2.12. The molecule has 2 rings (SSSR count). The van der Waals surface area contributed by atoms with Crippen LogP contribution in [0.15, 0.2) is 48.5 Å². The smallest absolute Gasteiger partial charge is 0.259 e. The molecule has 0 bridgehead atoms. The van der Waals surface area contributed by atoms with E-state index in [1.54, 1.807) is 43.3 Å². The van der Waals surface area contributed by atoms with E-state index >= 15 is 0 Å². The molecular weight excluding hydrogens is 316 g/mol. The number of anilines is 2. The molecule has 0 unspecified atom stereocenters. The van der Waals surface area contributed by atoms with Gasteiger partial charge in [-0.05, 0) is 42.8 Å².